The van der Waals surface area contributed by atoms with Gasteiger partial charge in [-0.25, -0.2) is 9.59 Å². The lowest BCUT2D eigenvalue weighted by molar-refractivity contribution is -0.186. The zero-order chi connectivity index (χ0) is 16.7. The van der Waals surface area contributed by atoms with Gasteiger partial charge in [0.2, 0.25) is 0 Å². The zero-order valence-electron chi connectivity index (χ0n) is 14.2. The van der Waals surface area contributed by atoms with E-state index in [1.54, 1.807) is 0 Å². The summed E-state index contributed by atoms with van der Waals surface area (Å²) in [6.07, 6.45) is 4.74. The van der Waals surface area contributed by atoms with E-state index in [2.05, 4.69) is 0 Å². The fraction of sp³-hybridized carbons (Fsp3) is 0.882. The molecule has 1 spiro atoms. The molecule has 2 atom stereocenters. The van der Waals surface area contributed by atoms with Gasteiger partial charge in [0, 0.05) is 12.8 Å². The van der Waals surface area contributed by atoms with E-state index in [0.29, 0.717) is 26.1 Å². The van der Waals surface area contributed by atoms with E-state index in [4.69, 9.17) is 18.9 Å². The molecule has 132 valence electrons. The molecule has 23 heavy (non-hydrogen) atoms. The van der Waals surface area contributed by atoms with Crippen molar-refractivity contribution in [2.75, 3.05) is 13.2 Å². The number of esters is 2. The van der Waals surface area contributed by atoms with Crippen molar-refractivity contribution < 1.29 is 28.5 Å². The van der Waals surface area contributed by atoms with E-state index >= 15 is 0 Å². The molecule has 0 amide bonds. The molecule has 0 bridgehead atoms. The Kier molecular flexibility index (Phi) is 6.84. The van der Waals surface area contributed by atoms with Crippen LogP contribution in [0.4, 0.5) is 0 Å². The third kappa shape index (κ3) is 4.67. The molecule has 1 aliphatic heterocycles. The van der Waals surface area contributed by atoms with Crippen LogP contribution in [0.1, 0.15) is 65.2 Å². The van der Waals surface area contributed by atoms with E-state index in [9.17, 15) is 9.59 Å². The summed E-state index contributed by atoms with van der Waals surface area (Å²) in [5, 5.41) is 0. The van der Waals surface area contributed by atoms with Crippen LogP contribution in [0.2, 0.25) is 0 Å². The van der Waals surface area contributed by atoms with Crippen LogP contribution in [-0.2, 0) is 28.5 Å². The summed E-state index contributed by atoms with van der Waals surface area (Å²) >= 11 is 0. The first-order valence-corrected chi connectivity index (χ1v) is 8.81. The van der Waals surface area contributed by atoms with Gasteiger partial charge in [-0.15, -0.1) is 0 Å². The van der Waals surface area contributed by atoms with Gasteiger partial charge in [-0.2, -0.15) is 0 Å². The third-order valence-electron chi connectivity index (χ3n) is 4.27. The number of carbonyl (C=O) groups excluding carboxylic acids is 2. The monoisotopic (exact) mass is 328 g/mol. The molecular weight excluding hydrogens is 300 g/mol. The highest BCUT2D eigenvalue weighted by Gasteiger charge is 2.55. The van der Waals surface area contributed by atoms with Crippen LogP contribution in [-0.4, -0.2) is 43.1 Å². The van der Waals surface area contributed by atoms with Gasteiger partial charge in [0.05, 0.1) is 13.2 Å². The Morgan fingerprint density at radius 2 is 1.35 bits per heavy atom. The molecule has 2 aliphatic rings. The lowest BCUT2D eigenvalue weighted by Gasteiger charge is -2.21. The van der Waals surface area contributed by atoms with E-state index in [1.165, 1.54) is 0 Å². The first-order valence-electron chi connectivity index (χ1n) is 8.81. The summed E-state index contributed by atoms with van der Waals surface area (Å²) in [6, 6.07) is 0. The molecule has 0 aromatic carbocycles. The number of hydrogen-bond donors (Lipinski definition) is 0. The van der Waals surface area contributed by atoms with Crippen molar-refractivity contribution in [2.45, 2.75) is 83.2 Å². The zero-order valence-corrected chi connectivity index (χ0v) is 14.2. The minimum atomic E-state index is -1.01. The summed E-state index contributed by atoms with van der Waals surface area (Å²) < 4.78 is 22.1. The van der Waals surface area contributed by atoms with Crippen LogP contribution in [0.15, 0.2) is 0 Å². The van der Waals surface area contributed by atoms with Gasteiger partial charge >= 0.3 is 11.9 Å². The lowest BCUT2D eigenvalue weighted by Crippen LogP contribution is -2.39. The van der Waals surface area contributed by atoms with Gasteiger partial charge in [0.25, 0.3) is 0 Å². The molecule has 1 heterocycles. The van der Waals surface area contributed by atoms with Crippen molar-refractivity contribution >= 4 is 11.9 Å². The van der Waals surface area contributed by atoms with Gasteiger partial charge in [0.15, 0.2) is 18.0 Å². The van der Waals surface area contributed by atoms with Gasteiger partial charge in [-0.1, -0.05) is 26.7 Å². The standard InChI is InChI=1S/C17H28O6/c1-3-5-11-20-15(18)13-14(16(19)21-12-6-4-2)23-17(22-13)9-7-8-10-17/h13-14H,3-12H2,1-2H3/t13-,14-/m1/s1. The average Bonchev–Trinajstić information content (AvgIpc) is 3.15. The fourth-order valence-electron chi connectivity index (χ4n) is 2.91. The number of hydrogen-bond acceptors (Lipinski definition) is 6. The predicted octanol–water partition coefficient (Wildman–Crippen LogP) is 2.73. The Labute approximate surface area is 137 Å². The van der Waals surface area contributed by atoms with Gasteiger partial charge in [-0.3, -0.25) is 0 Å². The molecule has 6 nitrogen and oxygen atoms in total. The molecular formula is C17H28O6. The maximum atomic E-state index is 12.3. The minimum absolute atomic E-state index is 0.333. The normalized spacial score (nSPS) is 25.7. The Hall–Kier alpha value is -1.14. The maximum absolute atomic E-state index is 12.3. The second-order valence-corrected chi connectivity index (χ2v) is 6.24. The summed E-state index contributed by atoms with van der Waals surface area (Å²) in [6.45, 7) is 4.70. The molecule has 1 saturated carbocycles. The Morgan fingerprint density at radius 3 is 1.74 bits per heavy atom. The Bertz CT molecular complexity index is 370. The molecule has 1 saturated heterocycles. The van der Waals surface area contributed by atoms with Crippen molar-refractivity contribution in [3.8, 4) is 0 Å². The summed E-state index contributed by atoms with van der Waals surface area (Å²) in [5.41, 5.74) is 0. The minimum Gasteiger partial charge on any atom is -0.464 e. The maximum Gasteiger partial charge on any atom is 0.338 e. The van der Waals surface area contributed by atoms with Crippen LogP contribution in [0.25, 0.3) is 0 Å². The van der Waals surface area contributed by atoms with Crippen LogP contribution >= 0.6 is 0 Å². The number of unbranched alkanes of at least 4 members (excludes halogenated alkanes) is 2. The second kappa shape index (κ2) is 8.64. The quantitative estimate of drug-likeness (QED) is 0.504. The molecule has 0 aromatic rings. The van der Waals surface area contributed by atoms with Gasteiger partial charge in [0.1, 0.15) is 0 Å². The predicted molar refractivity (Wildman–Crippen MR) is 82.7 cm³/mol. The van der Waals surface area contributed by atoms with E-state index in [-0.39, 0.29) is 0 Å². The van der Waals surface area contributed by atoms with Gasteiger partial charge in [-0.05, 0) is 25.7 Å². The van der Waals surface area contributed by atoms with E-state index in [1.807, 2.05) is 13.8 Å². The SMILES string of the molecule is CCCCOC(=O)[C@@H]1OC2(CCCC2)O[C@H]1C(=O)OCCCC. The highest BCUT2D eigenvalue weighted by Crippen LogP contribution is 2.42. The first-order chi connectivity index (χ1) is 11.1. The highest BCUT2D eigenvalue weighted by atomic mass is 16.8. The molecule has 0 radical (unpaired) electrons. The van der Waals surface area contributed by atoms with Crippen molar-refractivity contribution in [3.63, 3.8) is 0 Å². The summed E-state index contributed by atoms with van der Waals surface area (Å²) in [5.74, 6) is -1.87. The van der Waals surface area contributed by atoms with Crippen LogP contribution in [0.3, 0.4) is 0 Å². The second-order valence-electron chi connectivity index (χ2n) is 6.24. The topological polar surface area (TPSA) is 71.1 Å². The summed E-state index contributed by atoms with van der Waals surface area (Å²) in [4.78, 5) is 24.5. The first kappa shape index (κ1) is 18.2. The molecule has 0 N–H and O–H groups in total. The van der Waals surface area contributed by atoms with Crippen molar-refractivity contribution in [2.24, 2.45) is 0 Å². The molecule has 0 aromatic heterocycles. The smallest absolute Gasteiger partial charge is 0.338 e. The Morgan fingerprint density at radius 1 is 0.913 bits per heavy atom. The highest BCUT2D eigenvalue weighted by molar-refractivity contribution is 5.86. The molecule has 2 rings (SSSR count). The van der Waals surface area contributed by atoms with Crippen LogP contribution < -0.4 is 0 Å². The molecule has 2 fully saturated rings. The number of carbonyl (C=O) groups is 2. The van der Waals surface area contributed by atoms with Crippen molar-refractivity contribution in [3.05, 3.63) is 0 Å². The van der Waals surface area contributed by atoms with E-state index in [0.717, 1.165) is 38.5 Å². The van der Waals surface area contributed by atoms with Crippen LogP contribution in [0, 0.1) is 0 Å². The Balaban J connectivity index is 1.99. The van der Waals surface area contributed by atoms with Crippen molar-refractivity contribution in [1.29, 1.82) is 0 Å². The van der Waals surface area contributed by atoms with Crippen molar-refractivity contribution in [1.82, 2.24) is 0 Å². The summed E-state index contributed by atoms with van der Waals surface area (Å²) in [7, 11) is 0. The van der Waals surface area contributed by atoms with E-state index < -0.39 is 29.9 Å². The lowest BCUT2D eigenvalue weighted by atomic mass is 10.2. The van der Waals surface area contributed by atoms with Gasteiger partial charge < -0.3 is 18.9 Å². The fourth-order valence-corrected chi connectivity index (χ4v) is 2.91. The average molecular weight is 328 g/mol. The molecule has 1 aliphatic carbocycles. The third-order valence-corrected chi connectivity index (χ3v) is 4.27. The largest absolute Gasteiger partial charge is 0.464 e. The van der Waals surface area contributed by atoms with Crippen LogP contribution in [0.5, 0.6) is 0 Å². The molecule has 0 unspecified atom stereocenters. The number of ether oxygens (including phenoxy) is 4. The number of rotatable bonds is 8. The molecule has 6 heteroatoms.